The smallest absolute Gasteiger partial charge is 0.310 e. The third-order valence-electron chi connectivity index (χ3n) is 3.65. The molecule has 0 amide bonds. The lowest BCUT2D eigenvalue weighted by molar-refractivity contribution is -0.138. The first-order chi connectivity index (χ1) is 8.85. The van der Waals surface area contributed by atoms with Gasteiger partial charge >= 0.3 is 5.97 Å². The van der Waals surface area contributed by atoms with E-state index in [-0.39, 0.29) is 24.0 Å². The van der Waals surface area contributed by atoms with E-state index >= 15 is 0 Å². The number of aliphatic carboxylic acids is 1. The van der Waals surface area contributed by atoms with Gasteiger partial charge in [0.1, 0.15) is 5.75 Å². The van der Waals surface area contributed by atoms with E-state index in [0.717, 1.165) is 11.1 Å². The molecule has 2 N–H and O–H groups in total. The quantitative estimate of drug-likeness (QED) is 0.822. The molecule has 21 heavy (non-hydrogen) atoms. The van der Waals surface area contributed by atoms with Crippen LogP contribution < -0.4 is 0 Å². The highest BCUT2D eigenvalue weighted by Gasteiger charge is 2.28. The lowest BCUT2D eigenvalue weighted by Gasteiger charge is -2.28. The topological polar surface area (TPSA) is 57.5 Å². The molecule has 0 bridgehead atoms. The molecule has 0 aliphatic rings. The second-order valence-electron chi connectivity index (χ2n) is 7.52. The van der Waals surface area contributed by atoms with Crippen LogP contribution in [0.5, 0.6) is 5.75 Å². The van der Waals surface area contributed by atoms with E-state index in [4.69, 9.17) is 0 Å². The van der Waals surface area contributed by atoms with Gasteiger partial charge in [0.2, 0.25) is 0 Å². The minimum Gasteiger partial charge on any atom is -0.507 e. The lowest BCUT2D eigenvalue weighted by Crippen LogP contribution is -2.19. The van der Waals surface area contributed by atoms with Crippen LogP contribution in [0.15, 0.2) is 12.1 Å². The molecule has 0 aliphatic heterocycles. The molecule has 0 aromatic heterocycles. The van der Waals surface area contributed by atoms with Crippen molar-refractivity contribution in [3.8, 4) is 5.75 Å². The van der Waals surface area contributed by atoms with Crippen LogP contribution in [0, 0.1) is 0 Å². The Bertz CT molecular complexity index is 516. The average Bonchev–Trinajstić information content (AvgIpc) is 2.24. The average molecular weight is 294 g/mol. The van der Waals surface area contributed by atoms with Gasteiger partial charge in [-0.2, -0.15) is 0 Å². The Balaban J connectivity index is 0.00000400. The summed E-state index contributed by atoms with van der Waals surface area (Å²) in [5, 5.41) is 19.7. The van der Waals surface area contributed by atoms with E-state index in [9.17, 15) is 15.0 Å². The van der Waals surface area contributed by atoms with E-state index in [1.807, 2.05) is 32.9 Å². The van der Waals surface area contributed by atoms with Crippen molar-refractivity contribution < 1.29 is 15.0 Å². The third kappa shape index (κ3) is 4.23. The van der Waals surface area contributed by atoms with Crippen LogP contribution in [-0.4, -0.2) is 16.2 Å². The van der Waals surface area contributed by atoms with Crippen molar-refractivity contribution in [1.82, 2.24) is 0 Å². The molecule has 1 rings (SSSR count). The maximum Gasteiger partial charge on any atom is 0.310 e. The van der Waals surface area contributed by atoms with E-state index in [1.165, 1.54) is 0 Å². The lowest BCUT2D eigenvalue weighted by atomic mass is 9.77. The van der Waals surface area contributed by atoms with E-state index < -0.39 is 11.9 Å². The van der Waals surface area contributed by atoms with Gasteiger partial charge in [0, 0.05) is 5.56 Å². The van der Waals surface area contributed by atoms with Crippen molar-refractivity contribution in [2.24, 2.45) is 0 Å². The predicted molar refractivity (Wildman–Crippen MR) is 88.3 cm³/mol. The van der Waals surface area contributed by atoms with Crippen molar-refractivity contribution in [1.29, 1.82) is 0 Å². The molecule has 0 saturated heterocycles. The molecule has 0 radical (unpaired) electrons. The molecule has 120 valence electrons. The van der Waals surface area contributed by atoms with Crippen LogP contribution in [-0.2, 0) is 15.6 Å². The fourth-order valence-electron chi connectivity index (χ4n) is 2.12. The summed E-state index contributed by atoms with van der Waals surface area (Å²) in [6.07, 6.45) is 0. The molecule has 1 unspecified atom stereocenters. The van der Waals surface area contributed by atoms with Gasteiger partial charge in [-0.05, 0) is 28.9 Å². The van der Waals surface area contributed by atoms with Gasteiger partial charge in [-0.3, -0.25) is 4.79 Å². The number of rotatable bonds is 2. The molecule has 0 spiro atoms. The summed E-state index contributed by atoms with van der Waals surface area (Å²) in [7, 11) is 0. The first kappa shape index (κ1) is 19.5. The summed E-state index contributed by atoms with van der Waals surface area (Å²) in [6.45, 7) is 13.9. The zero-order valence-electron chi connectivity index (χ0n) is 13.5. The van der Waals surface area contributed by atoms with Crippen LogP contribution >= 0.6 is 0 Å². The van der Waals surface area contributed by atoms with E-state index in [0.29, 0.717) is 5.56 Å². The first-order valence-electron chi connectivity index (χ1n) is 6.96. The Morgan fingerprint density at radius 2 is 1.52 bits per heavy atom. The zero-order chi connectivity index (χ0) is 15.9. The SMILES string of the molecule is C.CC(C(=O)O)c1cc(C(C)(C)C)cc(C(C)(C)C)c1O. The Labute approximate surface area is 129 Å². The maximum absolute atomic E-state index is 11.3. The van der Waals surface area contributed by atoms with Gasteiger partial charge in [-0.1, -0.05) is 61.1 Å². The first-order valence-corrected chi connectivity index (χ1v) is 6.96. The van der Waals surface area contributed by atoms with E-state index in [1.54, 1.807) is 6.92 Å². The van der Waals surface area contributed by atoms with Gasteiger partial charge in [-0.15, -0.1) is 0 Å². The Kier molecular flexibility index (Phi) is 5.65. The zero-order valence-corrected chi connectivity index (χ0v) is 13.5. The molecule has 1 atom stereocenters. The number of hydrogen-bond donors (Lipinski definition) is 2. The molecule has 3 nitrogen and oxygen atoms in total. The molecule has 1 aromatic carbocycles. The summed E-state index contributed by atoms with van der Waals surface area (Å²) < 4.78 is 0. The number of benzene rings is 1. The number of aromatic hydroxyl groups is 1. The van der Waals surface area contributed by atoms with Gasteiger partial charge in [0.15, 0.2) is 0 Å². The number of hydrogen-bond acceptors (Lipinski definition) is 2. The van der Waals surface area contributed by atoms with Gasteiger partial charge < -0.3 is 10.2 Å². The van der Waals surface area contributed by atoms with Crippen LogP contribution in [0.3, 0.4) is 0 Å². The molecule has 0 aliphatic carbocycles. The maximum atomic E-state index is 11.3. The standard InChI is InChI=1S/C17H26O3.CH4/c1-10(15(19)20)12-8-11(16(2,3)4)9-13(14(12)18)17(5,6)7;/h8-10,18H,1-7H3,(H,19,20);1H4. The third-order valence-corrected chi connectivity index (χ3v) is 3.65. The van der Waals surface area contributed by atoms with Crippen LogP contribution in [0.1, 0.15) is 78.5 Å². The fraction of sp³-hybridized carbons (Fsp3) is 0.611. The highest BCUT2D eigenvalue weighted by Crippen LogP contribution is 2.40. The Hall–Kier alpha value is -1.51. The molecule has 3 heteroatoms. The van der Waals surface area contributed by atoms with Gasteiger partial charge in [0.25, 0.3) is 0 Å². The molecule has 0 fully saturated rings. The second kappa shape index (κ2) is 6.08. The van der Waals surface area contributed by atoms with Crippen molar-refractivity contribution >= 4 is 5.97 Å². The highest BCUT2D eigenvalue weighted by molar-refractivity contribution is 5.77. The summed E-state index contributed by atoms with van der Waals surface area (Å²) >= 11 is 0. The van der Waals surface area contributed by atoms with Crippen LogP contribution in [0.2, 0.25) is 0 Å². The Morgan fingerprint density at radius 3 is 1.86 bits per heavy atom. The highest BCUT2D eigenvalue weighted by atomic mass is 16.4. The second-order valence-corrected chi connectivity index (χ2v) is 7.52. The summed E-state index contributed by atoms with van der Waals surface area (Å²) in [5.74, 6) is -1.54. The van der Waals surface area contributed by atoms with Crippen molar-refractivity contribution in [2.75, 3.05) is 0 Å². The molecular formula is C18H30O3. The van der Waals surface area contributed by atoms with Crippen LogP contribution in [0.4, 0.5) is 0 Å². The monoisotopic (exact) mass is 294 g/mol. The molecule has 1 aromatic rings. The molecule has 0 saturated carbocycles. The van der Waals surface area contributed by atoms with Gasteiger partial charge in [-0.25, -0.2) is 0 Å². The fourth-order valence-corrected chi connectivity index (χ4v) is 2.12. The van der Waals surface area contributed by atoms with Crippen molar-refractivity contribution in [2.45, 2.75) is 72.6 Å². The number of carbonyl (C=O) groups is 1. The number of phenols is 1. The van der Waals surface area contributed by atoms with Gasteiger partial charge in [0.05, 0.1) is 5.92 Å². The van der Waals surface area contributed by atoms with E-state index in [2.05, 4.69) is 20.8 Å². The normalized spacial score (nSPS) is 13.5. The molecule has 0 heterocycles. The van der Waals surface area contributed by atoms with Crippen LogP contribution in [0.25, 0.3) is 0 Å². The Morgan fingerprint density at radius 1 is 1.05 bits per heavy atom. The largest absolute Gasteiger partial charge is 0.507 e. The van der Waals surface area contributed by atoms with Crippen molar-refractivity contribution in [3.05, 3.63) is 28.8 Å². The number of phenolic OH excluding ortho intramolecular Hbond substituents is 1. The number of carboxylic acids is 1. The minimum atomic E-state index is -0.925. The number of carboxylic acid groups (broad SMARTS) is 1. The molecular weight excluding hydrogens is 264 g/mol. The summed E-state index contributed by atoms with van der Waals surface area (Å²) in [5.41, 5.74) is 2.00. The summed E-state index contributed by atoms with van der Waals surface area (Å²) in [6, 6.07) is 3.82. The predicted octanol–water partition coefficient (Wildman–Crippen LogP) is 4.81. The minimum absolute atomic E-state index is 0. The van der Waals surface area contributed by atoms with Crippen molar-refractivity contribution in [3.63, 3.8) is 0 Å². The summed E-state index contributed by atoms with van der Waals surface area (Å²) in [4.78, 5) is 11.3.